The van der Waals surface area contributed by atoms with E-state index in [0.29, 0.717) is 25.2 Å². The second-order valence-electron chi connectivity index (χ2n) is 4.73. The number of hydrogen-bond donors (Lipinski definition) is 2. The lowest BCUT2D eigenvalue weighted by Crippen LogP contribution is -2.48. The van der Waals surface area contributed by atoms with Crippen molar-refractivity contribution >= 4 is 11.8 Å². The minimum atomic E-state index is -0.764. The van der Waals surface area contributed by atoms with E-state index in [4.69, 9.17) is 0 Å². The van der Waals surface area contributed by atoms with Crippen molar-refractivity contribution in [2.24, 2.45) is 5.41 Å². The maximum absolute atomic E-state index is 11.4. The van der Waals surface area contributed by atoms with Crippen molar-refractivity contribution in [1.82, 2.24) is 9.97 Å². The molecule has 98 valence electrons. The minimum Gasteiger partial charge on any atom is -0.481 e. The van der Waals surface area contributed by atoms with Crippen molar-refractivity contribution in [3.8, 4) is 0 Å². The van der Waals surface area contributed by atoms with Crippen molar-refractivity contribution in [3.63, 3.8) is 0 Å². The lowest BCUT2D eigenvalue weighted by Gasteiger charge is -2.39. The summed E-state index contributed by atoms with van der Waals surface area (Å²) >= 11 is 0. The van der Waals surface area contributed by atoms with E-state index in [1.807, 2.05) is 11.8 Å². The van der Waals surface area contributed by atoms with Gasteiger partial charge in [0, 0.05) is 19.2 Å². The lowest BCUT2D eigenvalue weighted by atomic mass is 9.77. The summed E-state index contributed by atoms with van der Waals surface area (Å²) in [5.41, 5.74) is -0.939. The Morgan fingerprint density at radius 2 is 2.44 bits per heavy atom. The molecule has 2 N–H and O–H groups in total. The van der Waals surface area contributed by atoms with Crippen molar-refractivity contribution < 1.29 is 9.90 Å². The zero-order chi connectivity index (χ0) is 13.2. The van der Waals surface area contributed by atoms with Crippen LogP contribution in [0.25, 0.3) is 0 Å². The summed E-state index contributed by atoms with van der Waals surface area (Å²) in [5.74, 6) is -0.211. The highest BCUT2D eigenvalue weighted by atomic mass is 16.4. The SMILES string of the molecule is CCC1(C(=O)O)CCCN(c2cc(=O)[nH]cn2)C1. The molecule has 1 aromatic heterocycles. The number of anilines is 1. The molecule has 0 amide bonds. The van der Waals surface area contributed by atoms with Crippen LogP contribution in [-0.4, -0.2) is 34.1 Å². The molecule has 1 atom stereocenters. The molecular formula is C12H17N3O3. The number of hydrogen-bond acceptors (Lipinski definition) is 4. The van der Waals surface area contributed by atoms with Crippen LogP contribution in [-0.2, 0) is 4.79 Å². The largest absolute Gasteiger partial charge is 0.481 e. The highest BCUT2D eigenvalue weighted by molar-refractivity contribution is 5.75. The maximum Gasteiger partial charge on any atom is 0.311 e. The molecule has 1 aliphatic rings. The number of piperidine rings is 1. The number of aliphatic carboxylic acids is 1. The zero-order valence-corrected chi connectivity index (χ0v) is 10.3. The van der Waals surface area contributed by atoms with Crippen LogP contribution in [0.4, 0.5) is 5.82 Å². The van der Waals surface area contributed by atoms with E-state index in [-0.39, 0.29) is 5.56 Å². The molecule has 0 radical (unpaired) electrons. The molecular weight excluding hydrogens is 234 g/mol. The van der Waals surface area contributed by atoms with Crippen molar-refractivity contribution in [1.29, 1.82) is 0 Å². The number of nitrogens with one attached hydrogen (secondary N) is 1. The van der Waals surface area contributed by atoms with Gasteiger partial charge in [-0.2, -0.15) is 0 Å². The molecule has 0 spiro atoms. The summed E-state index contributed by atoms with van der Waals surface area (Å²) in [6, 6.07) is 1.41. The predicted octanol–water partition coefficient (Wildman–Crippen LogP) is 0.851. The van der Waals surface area contributed by atoms with Crippen LogP contribution >= 0.6 is 0 Å². The van der Waals surface area contributed by atoms with Crippen LogP contribution in [0, 0.1) is 5.41 Å². The van der Waals surface area contributed by atoms with Crippen molar-refractivity contribution in [2.45, 2.75) is 26.2 Å². The molecule has 2 rings (SSSR count). The summed E-state index contributed by atoms with van der Waals surface area (Å²) in [6.45, 7) is 3.05. The Labute approximate surface area is 105 Å². The Morgan fingerprint density at radius 1 is 1.67 bits per heavy atom. The van der Waals surface area contributed by atoms with Crippen LogP contribution < -0.4 is 10.5 Å². The van der Waals surface area contributed by atoms with Gasteiger partial charge in [-0.3, -0.25) is 9.59 Å². The van der Waals surface area contributed by atoms with Gasteiger partial charge in [-0.25, -0.2) is 4.98 Å². The molecule has 0 bridgehead atoms. The fourth-order valence-corrected chi connectivity index (χ4v) is 2.47. The Morgan fingerprint density at radius 3 is 3.06 bits per heavy atom. The monoisotopic (exact) mass is 251 g/mol. The second-order valence-corrected chi connectivity index (χ2v) is 4.73. The van der Waals surface area contributed by atoms with Crippen molar-refractivity contribution in [3.05, 3.63) is 22.7 Å². The fourth-order valence-electron chi connectivity index (χ4n) is 2.47. The number of carboxylic acids is 1. The van der Waals surface area contributed by atoms with Gasteiger partial charge < -0.3 is 15.0 Å². The standard InChI is InChI=1S/C12H17N3O3/c1-2-12(11(17)18)4-3-5-15(7-12)9-6-10(16)14-8-13-9/h6,8H,2-5,7H2,1H3,(H,17,18)(H,13,14,16). The molecule has 1 fully saturated rings. The smallest absolute Gasteiger partial charge is 0.311 e. The number of rotatable bonds is 3. The molecule has 18 heavy (non-hydrogen) atoms. The topological polar surface area (TPSA) is 86.3 Å². The Bertz CT molecular complexity index is 499. The van der Waals surface area contributed by atoms with Gasteiger partial charge in [0.05, 0.1) is 11.7 Å². The molecule has 1 unspecified atom stereocenters. The van der Waals surface area contributed by atoms with Crippen LogP contribution in [0.1, 0.15) is 26.2 Å². The van der Waals surface area contributed by atoms with E-state index in [9.17, 15) is 14.7 Å². The number of H-pyrrole nitrogens is 1. The van der Waals surface area contributed by atoms with E-state index < -0.39 is 11.4 Å². The Hall–Kier alpha value is -1.85. The summed E-state index contributed by atoms with van der Waals surface area (Å²) in [4.78, 5) is 31.1. The van der Waals surface area contributed by atoms with Gasteiger partial charge in [0.1, 0.15) is 5.82 Å². The molecule has 0 aromatic carbocycles. The van der Waals surface area contributed by atoms with E-state index in [2.05, 4.69) is 9.97 Å². The van der Waals surface area contributed by atoms with Crippen molar-refractivity contribution in [2.75, 3.05) is 18.0 Å². The predicted molar refractivity (Wildman–Crippen MR) is 66.7 cm³/mol. The van der Waals surface area contributed by atoms with Gasteiger partial charge in [-0.1, -0.05) is 6.92 Å². The maximum atomic E-state index is 11.4. The third-order valence-electron chi connectivity index (χ3n) is 3.70. The van der Waals surface area contributed by atoms with Crippen LogP contribution in [0.5, 0.6) is 0 Å². The molecule has 1 aliphatic heterocycles. The first kappa shape index (κ1) is 12.6. The summed E-state index contributed by atoms with van der Waals surface area (Å²) in [7, 11) is 0. The second kappa shape index (κ2) is 4.80. The van der Waals surface area contributed by atoms with E-state index in [1.165, 1.54) is 12.4 Å². The molecule has 2 heterocycles. The van der Waals surface area contributed by atoms with E-state index in [1.54, 1.807) is 0 Å². The average Bonchev–Trinajstić information content (AvgIpc) is 2.38. The van der Waals surface area contributed by atoms with Gasteiger partial charge in [0.2, 0.25) is 0 Å². The molecule has 6 nitrogen and oxygen atoms in total. The summed E-state index contributed by atoms with van der Waals surface area (Å²) in [5, 5.41) is 9.39. The highest BCUT2D eigenvalue weighted by Gasteiger charge is 2.41. The molecule has 1 aromatic rings. The van der Waals surface area contributed by atoms with Gasteiger partial charge in [-0.05, 0) is 19.3 Å². The minimum absolute atomic E-state index is 0.219. The first-order chi connectivity index (χ1) is 8.57. The number of carbonyl (C=O) groups is 1. The molecule has 6 heteroatoms. The van der Waals surface area contributed by atoms with E-state index >= 15 is 0 Å². The number of aromatic amines is 1. The first-order valence-electron chi connectivity index (χ1n) is 6.10. The number of carboxylic acid groups (broad SMARTS) is 1. The summed E-state index contributed by atoms with van der Waals surface area (Å²) < 4.78 is 0. The molecule has 0 saturated carbocycles. The van der Waals surface area contributed by atoms with Crippen LogP contribution in [0.3, 0.4) is 0 Å². The zero-order valence-electron chi connectivity index (χ0n) is 10.3. The van der Waals surface area contributed by atoms with Gasteiger partial charge in [0.25, 0.3) is 5.56 Å². The van der Waals surface area contributed by atoms with Gasteiger partial charge in [0.15, 0.2) is 0 Å². The molecule has 1 saturated heterocycles. The van der Waals surface area contributed by atoms with Crippen LogP contribution in [0.15, 0.2) is 17.2 Å². The third-order valence-corrected chi connectivity index (χ3v) is 3.70. The van der Waals surface area contributed by atoms with Gasteiger partial charge in [-0.15, -0.1) is 0 Å². The Kier molecular flexibility index (Phi) is 3.36. The van der Waals surface area contributed by atoms with Crippen LogP contribution in [0.2, 0.25) is 0 Å². The first-order valence-corrected chi connectivity index (χ1v) is 6.10. The number of nitrogens with zero attached hydrogens (tertiary/aromatic N) is 2. The number of aromatic nitrogens is 2. The lowest BCUT2D eigenvalue weighted by molar-refractivity contribution is -0.149. The molecule has 0 aliphatic carbocycles. The third kappa shape index (κ3) is 2.23. The van der Waals surface area contributed by atoms with Gasteiger partial charge >= 0.3 is 5.97 Å². The van der Waals surface area contributed by atoms with E-state index in [0.717, 1.165) is 13.0 Å². The highest BCUT2D eigenvalue weighted by Crippen LogP contribution is 2.34. The normalized spacial score (nSPS) is 23.9. The fraction of sp³-hybridized carbons (Fsp3) is 0.583. The summed E-state index contributed by atoms with van der Waals surface area (Å²) in [6.07, 6.45) is 3.41. The quantitative estimate of drug-likeness (QED) is 0.831. The average molecular weight is 251 g/mol. The Balaban J connectivity index is 2.26.